The first-order chi connectivity index (χ1) is 8.74. The molecule has 2 N–H and O–H groups in total. The number of rotatable bonds is 4. The zero-order valence-electron chi connectivity index (χ0n) is 11.6. The fourth-order valence-corrected chi connectivity index (χ4v) is 2.76. The summed E-state index contributed by atoms with van der Waals surface area (Å²) in [5.41, 5.74) is 6.87. The van der Waals surface area contributed by atoms with Gasteiger partial charge in [-0.1, -0.05) is 6.92 Å². The standard InChI is InChI=1S/C14H25N3O/c1-3-13-10-16(2)6-4-7-17(13)11-14-12(9-15)5-8-18-14/h5,8,13H,3-4,6-7,9-11,15H2,1-2H3. The van der Waals surface area contributed by atoms with Crippen molar-refractivity contribution in [2.24, 2.45) is 5.73 Å². The summed E-state index contributed by atoms with van der Waals surface area (Å²) < 4.78 is 5.58. The van der Waals surface area contributed by atoms with E-state index in [1.54, 1.807) is 6.26 Å². The maximum Gasteiger partial charge on any atom is 0.122 e. The summed E-state index contributed by atoms with van der Waals surface area (Å²) in [6, 6.07) is 2.61. The van der Waals surface area contributed by atoms with E-state index in [1.807, 2.05) is 6.07 Å². The Labute approximate surface area is 110 Å². The summed E-state index contributed by atoms with van der Waals surface area (Å²) >= 11 is 0. The molecule has 0 amide bonds. The third-order valence-electron chi connectivity index (χ3n) is 3.90. The second-order valence-corrected chi connectivity index (χ2v) is 5.22. The summed E-state index contributed by atoms with van der Waals surface area (Å²) in [6.45, 7) is 7.21. The minimum atomic E-state index is 0.566. The molecule has 0 bridgehead atoms. The average molecular weight is 251 g/mol. The molecule has 102 valence electrons. The van der Waals surface area contributed by atoms with E-state index >= 15 is 0 Å². The zero-order valence-corrected chi connectivity index (χ0v) is 11.6. The van der Waals surface area contributed by atoms with Crippen LogP contribution in [0.3, 0.4) is 0 Å². The van der Waals surface area contributed by atoms with Gasteiger partial charge in [0.1, 0.15) is 5.76 Å². The first-order valence-corrected chi connectivity index (χ1v) is 6.92. The van der Waals surface area contributed by atoms with Crippen LogP contribution in [0.15, 0.2) is 16.7 Å². The number of nitrogens with two attached hydrogens (primary N) is 1. The lowest BCUT2D eigenvalue weighted by Gasteiger charge is -2.29. The van der Waals surface area contributed by atoms with E-state index in [0.29, 0.717) is 12.6 Å². The van der Waals surface area contributed by atoms with Crippen LogP contribution in [0.25, 0.3) is 0 Å². The Kier molecular flexibility index (Phi) is 4.80. The van der Waals surface area contributed by atoms with Gasteiger partial charge in [-0.3, -0.25) is 4.90 Å². The third-order valence-corrected chi connectivity index (χ3v) is 3.90. The van der Waals surface area contributed by atoms with E-state index in [1.165, 1.54) is 19.4 Å². The van der Waals surface area contributed by atoms with Gasteiger partial charge in [0.05, 0.1) is 12.8 Å². The second-order valence-electron chi connectivity index (χ2n) is 5.22. The molecule has 0 aromatic carbocycles. The minimum Gasteiger partial charge on any atom is -0.468 e. The predicted molar refractivity (Wildman–Crippen MR) is 73.2 cm³/mol. The van der Waals surface area contributed by atoms with Gasteiger partial charge in [-0.25, -0.2) is 0 Å². The van der Waals surface area contributed by atoms with Gasteiger partial charge in [0.2, 0.25) is 0 Å². The van der Waals surface area contributed by atoms with Gasteiger partial charge in [-0.15, -0.1) is 0 Å². The van der Waals surface area contributed by atoms with E-state index in [4.69, 9.17) is 10.2 Å². The highest BCUT2D eigenvalue weighted by Gasteiger charge is 2.23. The van der Waals surface area contributed by atoms with E-state index in [2.05, 4.69) is 23.8 Å². The van der Waals surface area contributed by atoms with Crippen molar-refractivity contribution < 1.29 is 4.42 Å². The Morgan fingerprint density at radius 2 is 2.28 bits per heavy atom. The van der Waals surface area contributed by atoms with Crippen molar-refractivity contribution in [1.82, 2.24) is 9.80 Å². The fraction of sp³-hybridized carbons (Fsp3) is 0.714. The smallest absolute Gasteiger partial charge is 0.122 e. The molecule has 1 saturated heterocycles. The van der Waals surface area contributed by atoms with E-state index < -0.39 is 0 Å². The molecule has 0 radical (unpaired) electrons. The highest BCUT2D eigenvalue weighted by atomic mass is 16.3. The summed E-state index contributed by atoms with van der Waals surface area (Å²) in [5.74, 6) is 1.04. The van der Waals surface area contributed by atoms with Gasteiger partial charge in [0, 0.05) is 31.2 Å². The Balaban J connectivity index is 2.06. The number of furan rings is 1. The molecule has 2 heterocycles. The number of nitrogens with zero attached hydrogens (tertiary/aromatic N) is 2. The molecular formula is C14H25N3O. The van der Waals surface area contributed by atoms with Crippen molar-refractivity contribution in [3.63, 3.8) is 0 Å². The number of hydrogen-bond donors (Lipinski definition) is 1. The molecule has 0 spiro atoms. The van der Waals surface area contributed by atoms with Crippen molar-refractivity contribution in [1.29, 1.82) is 0 Å². The van der Waals surface area contributed by atoms with Crippen molar-refractivity contribution >= 4 is 0 Å². The first-order valence-electron chi connectivity index (χ1n) is 6.92. The fourth-order valence-electron chi connectivity index (χ4n) is 2.76. The molecule has 2 rings (SSSR count). The van der Waals surface area contributed by atoms with Crippen LogP contribution in [-0.2, 0) is 13.1 Å². The maximum atomic E-state index is 5.73. The summed E-state index contributed by atoms with van der Waals surface area (Å²) in [7, 11) is 2.21. The highest BCUT2D eigenvalue weighted by Crippen LogP contribution is 2.18. The van der Waals surface area contributed by atoms with Crippen LogP contribution in [0.4, 0.5) is 0 Å². The largest absolute Gasteiger partial charge is 0.468 e. The van der Waals surface area contributed by atoms with Crippen LogP contribution in [0.5, 0.6) is 0 Å². The van der Waals surface area contributed by atoms with Crippen molar-refractivity contribution in [3.05, 3.63) is 23.7 Å². The molecule has 1 aliphatic rings. The lowest BCUT2D eigenvalue weighted by molar-refractivity contribution is 0.164. The van der Waals surface area contributed by atoms with E-state index in [0.717, 1.165) is 31.0 Å². The van der Waals surface area contributed by atoms with Gasteiger partial charge >= 0.3 is 0 Å². The molecule has 18 heavy (non-hydrogen) atoms. The Bertz CT molecular complexity index is 364. The average Bonchev–Trinajstić information content (AvgIpc) is 2.74. The maximum absolute atomic E-state index is 5.73. The molecule has 1 aliphatic heterocycles. The molecule has 4 heteroatoms. The monoisotopic (exact) mass is 251 g/mol. The van der Waals surface area contributed by atoms with Gasteiger partial charge < -0.3 is 15.1 Å². The van der Waals surface area contributed by atoms with Gasteiger partial charge in [-0.2, -0.15) is 0 Å². The van der Waals surface area contributed by atoms with E-state index in [9.17, 15) is 0 Å². The van der Waals surface area contributed by atoms with Gasteiger partial charge in [0.25, 0.3) is 0 Å². The van der Waals surface area contributed by atoms with E-state index in [-0.39, 0.29) is 0 Å². The zero-order chi connectivity index (χ0) is 13.0. The second kappa shape index (κ2) is 6.36. The van der Waals surface area contributed by atoms with Crippen LogP contribution in [0.2, 0.25) is 0 Å². The third kappa shape index (κ3) is 3.13. The lowest BCUT2D eigenvalue weighted by atomic mass is 10.1. The molecular weight excluding hydrogens is 226 g/mol. The van der Waals surface area contributed by atoms with Crippen LogP contribution in [0, 0.1) is 0 Å². The first kappa shape index (κ1) is 13.6. The summed E-state index contributed by atoms with van der Waals surface area (Å²) in [5, 5.41) is 0. The van der Waals surface area contributed by atoms with Crippen LogP contribution in [-0.4, -0.2) is 42.5 Å². The van der Waals surface area contributed by atoms with Crippen molar-refractivity contribution in [2.45, 2.75) is 38.9 Å². The van der Waals surface area contributed by atoms with Gasteiger partial charge in [-0.05, 0) is 32.5 Å². The molecule has 1 atom stereocenters. The molecule has 1 aromatic rings. The number of hydrogen-bond acceptors (Lipinski definition) is 4. The molecule has 1 unspecified atom stereocenters. The quantitative estimate of drug-likeness (QED) is 0.884. The predicted octanol–water partition coefficient (Wildman–Crippen LogP) is 1.65. The Morgan fingerprint density at radius 1 is 1.44 bits per heavy atom. The molecule has 0 aliphatic carbocycles. The highest BCUT2D eigenvalue weighted by molar-refractivity contribution is 5.16. The molecule has 1 aromatic heterocycles. The van der Waals surface area contributed by atoms with Gasteiger partial charge in [0.15, 0.2) is 0 Å². The van der Waals surface area contributed by atoms with Crippen LogP contribution < -0.4 is 5.73 Å². The van der Waals surface area contributed by atoms with Crippen molar-refractivity contribution in [3.8, 4) is 0 Å². The SMILES string of the molecule is CCC1CN(C)CCCN1Cc1occc1CN. The number of likely N-dealkylation sites (N-methyl/N-ethyl adjacent to an activating group) is 1. The Morgan fingerprint density at radius 3 is 3.00 bits per heavy atom. The van der Waals surface area contributed by atoms with Crippen LogP contribution in [0.1, 0.15) is 31.1 Å². The molecule has 4 nitrogen and oxygen atoms in total. The summed E-state index contributed by atoms with van der Waals surface area (Å²) in [4.78, 5) is 4.97. The lowest BCUT2D eigenvalue weighted by Crippen LogP contribution is -2.39. The van der Waals surface area contributed by atoms with Crippen molar-refractivity contribution in [2.75, 3.05) is 26.7 Å². The normalized spacial score (nSPS) is 23.2. The molecule has 0 saturated carbocycles. The van der Waals surface area contributed by atoms with Crippen LogP contribution >= 0.6 is 0 Å². The minimum absolute atomic E-state index is 0.566. The molecule has 1 fully saturated rings. The summed E-state index contributed by atoms with van der Waals surface area (Å²) in [6.07, 6.45) is 4.16. The Hall–Kier alpha value is -0.840. The topological polar surface area (TPSA) is 45.6 Å².